The number of nitrogens with one attached hydrogen (secondary N) is 1. The molecule has 0 saturated carbocycles. The summed E-state index contributed by atoms with van der Waals surface area (Å²) in [5, 5.41) is 4.40. The molecule has 0 radical (unpaired) electrons. The van der Waals surface area contributed by atoms with Gasteiger partial charge in [-0.05, 0) is 43.0 Å². The average Bonchev–Trinajstić information content (AvgIpc) is 3.51. The third-order valence-electron chi connectivity index (χ3n) is 8.94. The molecule has 10 nitrogen and oxygen atoms in total. The quantitative estimate of drug-likeness (QED) is 0.425. The average molecular weight is 529 g/mol. The predicted molar refractivity (Wildman–Crippen MR) is 150 cm³/mol. The van der Waals surface area contributed by atoms with Gasteiger partial charge in [0.25, 0.3) is 0 Å². The fourth-order valence-electron chi connectivity index (χ4n) is 6.48. The van der Waals surface area contributed by atoms with E-state index in [-0.39, 0.29) is 17.4 Å². The van der Waals surface area contributed by atoms with Crippen LogP contribution in [0.5, 0.6) is 0 Å². The van der Waals surface area contributed by atoms with E-state index in [4.69, 9.17) is 9.72 Å². The second-order valence-corrected chi connectivity index (χ2v) is 11.7. The summed E-state index contributed by atoms with van der Waals surface area (Å²) >= 11 is 0. The third kappa shape index (κ3) is 4.00. The van der Waals surface area contributed by atoms with Crippen LogP contribution in [-0.4, -0.2) is 98.3 Å². The van der Waals surface area contributed by atoms with E-state index in [2.05, 4.69) is 70.9 Å². The second-order valence-electron chi connectivity index (χ2n) is 11.7. The van der Waals surface area contributed by atoms with Crippen molar-refractivity contribution in [2.24, 2.45) is 0 Å². The van der Waals surface area contributed by atoms with Crippen LogP contribution >= 0.6 is 0 Å². The van der Waals surface area contributed by atoms with Gasteiger partial charge in [0, 0.05) is 63.0 Å². The first-order chi connectivity index (χ1) is 18.8. The fraction of sp³-hybridized carbons (Fsp3) is 0.517. The van der Waals surface area contributed by atoms with Crippen LogP contribution in [0.2, 0.25) is 0 Å². The molecule has 1 amide bonds. The maximum Gasteiger partial charge on any atom is 0.236 e. The highest BCUT2D eigenvalue weighted by Crippen LogP contribution is 2.38. The Morgan fingerprint density at radius 3 is 2.59 bits per heavy atom. The van der Waals surface area contributed by atoms with Crippen LogP contribution in [0.3, 0.4) is 0 Å². The number of piperazine rings is 1. The van der Waals surface area contributed by atoms with Crippen molar-refractivity contribution in [1.82, 2.24) is 34.4 Å². The minimum Gasteiger partial charge on any atom is -0.372 e. The summed E-state index contributed by atoms with van der Waals surface area (Å²) in [5.41, 5.74) is 8.75. The number of carbonyl (C=O) groups is 1. The van der Waals surface area contributed by atoms with Crippen molar-refractivity contribution in [3.63, 3.8) is 0 Å². The lowest BCUT2D eigenvalue weighted by molar-refractivity contribution is -0.221. The lowest BCUT2D eigenvalue weighted by atomic mass is 9.86. The molecule has 0 unspecified atom stereocenters. The third-order valence-corrected chi connectivity index (χ3v) is 8.94. The number of pyridine rings is 2. The molecule has 1 N–H and O–H groups in total. The molecule has 3 fully saturated rings. The van der Waals surface area contributed by atoms with Gasteiger partial charge in [-0.2, -0.15) is 5.10 Å². The molecule has 3 aliphatic rings. The molecular weight excluding hydrogens is 492 g/mol. The highest BCUT2D eigenvalue weighted by molar-refractivity contribution is 5.90. The molecule has 39 heavy (non-hydrogen) atoms. The summed E-state index contributed by atoms with van der Waals surface area (Å²) in [7, 11) is 0. The van der Waals surface area contributed by atoms with E-state index in [1.165, 1.54) is 11.1 Å². The minimum absolute atomic E-state index is 0.0663. The number of hydrogen-bond donors (Lipinski definition) is 1. The summed E-state index contributed by atoms with van der Waals surface area (Å²) < 4.78 is 7.55. The maximum absolute atomic E-state index is 12.9. The summed E-state index contributed by atoms with van der Waals surface area (Å²) in [5.74, 6) is 1.47. The predicted octanol–water partition coefficient (Wildman–Crippen LogP) is 3.14. The van der Waals surface area contributed by atoms with Crippen LogP contribution in [0.15, 0.2) is 24.7 Å². The summed E-state index contributed by atoms with van der Waals surface area (Å²) in [6, 6.07) is 4.24. The molecule has 0 aliphatic carbocycles. The second kappa shape index (κ2) is 9.02. The van der Waals surface area contributed by atoms with Gasteiger partial charge in [-0.25, -0.2) is 14.5 Å². The Labute approximate surface area is 228 Å². The maximum atomic E-state index is 12.9. The van der Waals surface area contributed by atoms with Crippen molar-refractivity contribution >= 4 is 28.4 Å². The summed E-state index contributed by atoms with van der Waals surface area (Å²) in [4.78, 5) is 32.7. The van der Waals surface area contributed by atoms with Gasteiger partial charge >= 0.3 is 0 Å². The zero-order valence-electron chi connectivity index (χ0n) is 23.2. The van der Waals surface area contributed by atoms with Crippen molar-refractivity contribution in [1.29, 1.82) is 0 Å². The van der Waals surface area contributed by atoms with Crippen molar-refractivity contribution in [2.45, 2.75) is 45.6 Å². The number of H-pyrrole nitrogens is 1. The van der Waals surface area contributed by atoms with Gasteiger partial charge in [-0.3, -0.25) is 9.69 Å². The van der Waals surface area contributed by atoms with Gasteiger partial charge < -0.3 is 19.5 Å². The standard InChI is InChI=1S/C29H36N8O2/c1-18(2)25-26(21-13-37-28(30-17-31-37)20(4)19(21)3)32-22-5-6-23(33-27(22)25)35-8-10-36(11-9-35)24(38)14-34-15-29(16-34)7-12-39-29/h5-6,13,17-18,32H,7-12,14-16H2,1-4H3. The number of nitrogens with zero attached hydrogens (tertiary/aromatic N) is 7. The van der Waals surface area contributed by atoms with Gasteiger partial charge in [0.05, 0.1) is 35.5 Å². The number of aryl methyl sites for hydroxylation is 1. The Bertz CT molecular complexity index is 1570. The highest BCUT2D eigenvalue weighted by Gasteiger charge is 2.49. The Morgan fingerprint density at radius 1 is 1.13 bits per heavy atom. The van der Waals surface area contributed by atoms with Crippen molar-refractivity contribution in [3.8, 4) is 11.3 Å². The Balaban J connectivity index is 1.11. The van der Waals surface area contributed by atoms with E-state index < -0.39 is 0 Å². The zero-order chi connectivity index (χ0) is 26.9. The first kappa shape index (κ1) is 24.5. The first-order valence-electron chi connectivity index (χ1n) is 14.0. The van der Waals surface area contributed by atoms with Gasteiger partial charge in [0.15, 0.2) is 5.65 Å². The molecular formula is C29H36N8O2. The first-order valence-corrected chi connectivity index (χ1v) is 14.0. The Kier molecular flexibility index (Phi) is 5.68. The van der Waals surface area contributed by atoms with Crippen LogP contribution < -0.4 is 4.90 Å². The van der Waals surface area contributed by atoms with Crippen LogP contribution in [0.1, 0.15) is 42.9 Å². The number of aromatic nitrogens is 5. The number of hydrogen-bond acceptors (Lipinski definition) is 7. The van der Waals surface area contributed by atoms with Crippen molar-refractivity contribution in [2.75, 3.05) is 57.3 Å². The van der Waals surface area contributed by atoms with Crippen molar-refractivity contribution < 1.29 is 9.53 Å². The summed E-state index contributed by atoms with van der Waals surface area (Å²) in [6.07, 6.45) is 4.80. The molecule has 7 rings (SSSR count). The SMILES string of the molecule is Cc1c(-c2[nH]c3ccc(N4CCN(C(=O)CN5CC6(CCO6)C5)CC4)nc3c2C(C)C)cn2ncnc2c1C. The van der Waals surface area contributed by atoms with E-state index in [1.54, 1.807) is 6.33 Å². The normalized spacial score (nSPS) is 19.3. The molecule has 4 aromatic rings. The molecule has 4 aromatic heterocycles. The monoisotopic (exact) mass is 528 g/mol. The zero-order valence-corrected chi connectivity index (χ0v) is 23.2. The van der Waals surface area contributed by atoms with Crippen LogP contribution in [-0.2, 0) is 9.53 Å². The van der Waals surface area contributed by atoms with Gasteiger partial charge in [-0.1, -0.05) is 13.8 Å². The molecule has 10 heteroatoms. The number of anilines is 1. The largest absolute Gasteiger partial charge is 0.372 e. The minimum atomic E-state index is 0.0663. The Hall–Kier alpha value is -3.50. The highest BCUT2D eigenvalue weighted by atomic mass is 16.5. The number of ether oxygens (including phenoxy) is 1. The number of aromatic amines is 1. The van der Waals surface area contributed by atoms with E-state index in [1.807, 2.05) is 9.42 Å². The Morgan fingerprint density at radius 2 is 1.90 bits per heavy atom. The number of likely N-dealkylation sites (tertiary alicyclic amines) is 1. The number of fused-ring (bicyclic) bond motifs is 2. The molecule has 7 heterocycles. The molecule has 3 saturated heterocycles. The van der Waals surface area contributed by atoms with E-state index in [9.17, 15) is 4.79 Å². The van der Waals surface area contributed by atoms with Gasteiger partial charge in [0.2, 0.25) is 5.91 Å². The van der Waals surface area contributed by atoms with E-state index in [0.29, 0.717) is 6.54 Å². The fourth-order valence-corrected chi connectivity index (χ4v) is 6.48. The number of amides is 1. The molecule has 1 spiro atoms. The van der Waals surface area contributed by atoms with Crippen LogP contribution in [0.25, 0.3) is 27.9 Å². The smallest absolute Gasteiger partial charge is 0.236 e. The van der Waals surface area contributed by atoms with Crippen molar-refractivity contribution in [3.05, 3.63) is 41.3 Å². The molecule has 0 aromatic carbocycles. The number of carbonyl (C=O) groups excluding carboxylic acids is 1. The number of rotatable bonds is 5. The lowest BCUT2D eigenvalue weighted by Gasteiger charge is -2.55. The van der Waals surface area contributed by atoms with Gasteiger partial charge in [-0.15, -0.1) is 0 Å². The molecule has 0 bridgehead atoms. The van der Waals surface area contributed by atoms with E-state index in [0.717, 1.165) is 91.6 Å². The summed E-state index contributed by atoms with van der Waals surface area (Å²) in [6.45, 7) is 14.9. The van der Waals surface area contributed by atoms with Gasteiger partial charge in [0.1, 0.15) is 12.1 Å². The topological polar surface area (TPSA) is 94.9 Å². The lowest BCUT2D eigenvalue weighted by Crippen LogP contribution is -2.69. The molecule has 204 valence electrons. The van der Waals surface area contributed by atoms with Crippen LogP contribution in [0, 0.1) is 13.8 Å². The molecule has 3 aliphatic heterocycles. The molecule has 0 atom stereocenters. The van der Waals surface area contributed by atoms with E-state index >= 15 is 0 Å². The van der Waals surface area contributed by atoms with Crippen LogP contribution in [0.4, 0.5) is 5.82 Å².